The van der Waals surface area contributed by atoms with E-state index in [-0.39, 0.29) is 6.10 Å². The van der Waals surface area contributed by atoms with Gasteiger partial charge in [-0.3, -0.25) is 4.90 Å². The van der Waals surface area contributed by atoms with Crippen LogP contribution in [-0.4, -0.2) is 46.7 Å². The molecule has 1 aliphatic rings. The lowest BCUT2D eigenvalue weighted by Crippen LogP contribution is -2.40. The van der Waals surface area contributed by atoms with Gasteiger partial charge in [-0.1, -0.05) is 25.1 Å². The Morgan fingerprint density at radius 2 is 2.02 bits per heavy atom. The highest BCUT2D eigenvalue weighted by atomic mass is 32.1. The Bertz CT molecular complexity index is 1450. The molecule has 0 N–H and O–H groups in total. The zero-order valence-corrected chi connectivity index (χ0v) is 23.1. The van der Waals surface area contributed by atoms with E-state index in [1.165, 1.54) is 11.3 Å². The number of alkyl halides is 3. The average molecular weight is 572 g/mol. The molecule has 210 valence electrons. The maximum Gasteiger partial charge on any atom is 0.491 e. The summed E-state index contributed by atoms with van der Waals surface area (Å²) >= 11 is 1.48. The van der Waals surface area contributed by atoms with E-state index in [1.54, 1.807) is 23.2 Å². The third-order valence-electron chi connectivity index (χ3n) is 6.54. The second kappa shape index (κ2) is 12.2. The van der Waals surface area contributed by atoms with Gasteiger partial charge >= 0.3 is 18.1 Å². The number of thiazole rings is 1. The number of benzene rings is 2. The monoisotopic (exact) mass is 571 g/mol. The normalized spacial score (nSPS) is 15.7. The van der Waals surface area contributed by atoms with E-state index >= 15 is 0 Å². The van der Waals surface area contributed by atoms with Gasteiger partial charge in [-0.05, 0) is 74.5 Å². The van der Waals surface area contributed by atoms with Gasteiger partial charge in [0.15, 0.2) is 0 Å². The predicted molar refractivity (Wildman–Crippen MR) is 143 cm³/mol. The molecule has 3 aromatic rings. The molecule has 0 bridgehead atoms. The number of carbonyl (C=O) groups is 2. The van der Waals surface area contributed by atoms with Gasteiger partial charge in [0.1, 0.15) is 22.9 Å². The van der Waals surface area contributed by atoms with Crippen molar-refractivity contribution < 1.29 is 32.2 Å². The molecule has 1 aliphatic heterocycles. The van der Waals surface area contributed by atoms with Crippen molar-refractivity contribution >= 4 is 23.3 Å². The van der Waals surface area contributed by atoms with Crippen molar-refractivity contribution in [3.05, 3.63) is 59.3 Å². The van der Waals surface area contributed by atoms with Gasteiger partial charge in [-0.2, -0.15) is 18.4 Å². The minimum atomic E-state index is -5.23. The average Bonchev–Trinajstić information content (AvgIpc) is 3.58. The van der Waals surface area contributed by atoms with Crippen LogP contribution in [0, 0.1) is 11.3 Å². The Morgan fingerprint density at radius 3 is 2.70 bits per heavy atom. The number of halogens is 3. The molecular weight excluding hydrogens is 543 g/mol. The molecule has 1 saturated heterocycles. The van der Waals surface area contributed by atoms with Crippen LogP contribution >= 0.6 is 11.3 Å². The Kier molecular flexibility index (Phi) is 8.91. The molecular formula is C29H28F3N3O4S. The number of nitrogens with zero attached hydrogens (tertiary/aromatic N) is 3. The molecule has 4 rings (SSSR count). The van der Waals surface area contributed by atoms with E-state index in [0.29, 0.717) is 43.7 Å². The number of likely N-dealkylation sites (tertiary alicyclic amines) is 1. The molecule has 11 heteroatoms. The van der Waals surface area contributed by atoms with Crippen LogP contribution in [0.5, 0.6) is 5.75 Å². The summed E-state index contributed by atoms with van der Waals surface area (Å²) in [6, 6.07) is 12.5. The zero-order valence-electron chi connectivity index (χ0n) is 22.2. The van der Waals surface area contributed by atoms with E-state index in [2.05, 4.69) is 15.8 Å². The van der Waals surface area contributed by atoms with Crippen molar-refractivity contribution in [3.8, 4) is 32.8 Å². The minimum absolute atomic E-state index is 0.0620. The van der Waals surface area contributed by atoms with Crippen LogP contribution in [0.4, 0.5) is 13.2 Å². The highest BCUT2D eigenvalue weighted by Crippen LogP contribution is 2.37. The summed E-state index contributed by atoms with van der Waals surface area (Å²) in [6.07, 6.45) is -1.92. The molecule has 0 aliphatic carbocycles. The van der Waals surface area contributed by atoms with Crippen LogP contribution in [0.3, 0.4) is 0 Å². The van der Waals surface area contributed by atoms with Crippen molar-refractivity contribution in [2.45, 2.75) is 64.9 Å². The number of carbonyl (C=O) groups excluding carboxylic acids is 2. The lowest BCUT2D eigenvalue weighted by atomic mass is 9.97. The second-order valence-corrected chi connectivity index (χ2v) is 10.7. The molecule has 1 fully saturated rings. The van der Waals surface area contributed by atoms with Crippen molar-refractivity contribution in [3.63, 3.8) is 0 Å². The second-order valence-electron chi connectivity index (χ2n) is 9.65. The first-order chi connectivity index (χ1) is 19.0. The topological polar surface area (TPSA) is 92.5 Å². The number of aromatic nitrogens is 1. The van der Waals surface area contributed by atoms with Crippen LogP contribution in [0.1, 0.15) is 50.3 Å². The van der Waals surface area contributed by atoms with E-state index in [4.69, 9.17) is 4.74 Å². The first kappa shape index (κ1) is 29.2. The Balaban J connectivity index is 1.57. The SMILES string of the molecule is CCc1c(CN2CCC[C@H]2C(=O)OC(=O)C(F)(F)F)cccc1-c1cnc(-c2ccc(OC(C)C)c(C#N)c2)s1. The lowest BCUT2D eigenvalue weighted by Gasteiger charge is -2.24. The van der Waals surface area contributed by atoms with Crippen LogP contribution in [0.15, 0.2) is 42.6 Å². The number of hydrogen-bond acceptors (Lipinski definition) is 8. The van der Waals surface area contributed by atoms with E-state index in [1.807, 2.05) is 45.0 Å². The van der Waals surface area contributed by atoms with Crippen molar-refractivity contribution in [1.82, 2.24) is 9.88 Å². The van der Waals surface area contributed by atoms with Gasteiger partial charge in [0.2, 0.25) is 0 Å². The molecule has 0 amide bonds. The molecule has 0 spiro atoms. The van der Waals surface area contributed by atoms with Crippen LogP contribution in [0.25, 0.3) is 21.0 Å². The summed E-state index contributed by atoms with van der Waals surface area (Å²) in [7, 11) is 0. The number of ether oxygens (including phenoxy) is 2. The summed E-state index contributed by atoms with van der Waals surface area (Å²) in [5.74, 6) is -3.15. The Labute approximate surface area is 234 Å². The van der Waals surface area contributed by atoms with Gasteiger partial charge in [0.05, 0.1) is 16.5 Å². The molecule has 7 nitrogen and oxygen atoms in total. The zero-order chi connectivity index (χ0) is 29.0. The van der Waals surface area contributed by atoms with Gasteiger partial charge in [-0.25, -0.2) is 14.6 Å². The third-order valence-corrected chi connectivity index (χ3v) is 7.62. The molecule has 1 atom stereocenters. The van der Waals surface area contributed by atoms with Crippen LogP contribution < -0.4 is 4.74 Å². The first-order valence-corrected chi connectivity index (χ1v) is 13.7. The number of nitriles is 1. The van der Waals surface area contributed by atoms with Gasteiger partial charge in [0.25, 0.3) is 0 Å². The molecule has 40 heavy (non-hydrogen) atoms. The first-order valence-electron chi connectivity index (χ1n) is 12.9. The predicted octanol–water partition coefficient (Wildman–Crippen LogP) is 6.29. The summed E-state index contributed by atoms with van der Waals surface area (Å²) in [6.45, 7) is 6.62. The van der Waals surface area contributed by atoms with E-state index in [9.17, 15) is 28.0 Å². The van der Waals surface area contributed by atoms with Crippen LogP contribution in [-0.2, 0) is 27.3 Å². The molecule has 0 saturated carbocycles. The maximum absolute atomic E-state index is 12.6. The molecule has 0 radical (unpaired) electrons. The van der Waals surface area contributed by atoms with Crippen LogP contribution in [0.2, 0.25) is 0 Å². The number of esters is 2. The fourth-order valence-corrected chi connectivity index (χ4v) is 5.75. The highest BCUT2D eigenvalue weighted by molar-refractivity contribution is 7.18. The van der Waals surface area contributed by atoms with Crippen molar-refractivity contribution in [2.75, 3.05) is 6.54 Å². The smallest absolute Gasteiger partial charge is 0.490 e. The van der Waals surface area contributed by atoms with Crippen molar-refractivity contribution in [2.24, 2.45) is 0 Å². The standard InChI is InChI=1S/C29H28F3N3O4S/c1-4-21-19(16-35-12-6-9-23(35)27(36)39-28(37)29(30,31)32)7-5-8-22(21)25-15-34-26(40-25)18-10-11-24(38-17(2)3)20(13-18)14-33/h5,7-8,10-11,13,15,17,23H,4,6,9,12,16H2,1-3H3/t23-/m0/s1. The number of hydrogen-bond donors (Lipinski definition) is 0. The molecule has 2 aromatic carbocycles. The fourth-order valence-electron chi connectivity index (χ4n) is 4.79. The Hall–Kier alpha value is -3.75. The van der Waals surface area contributed by atoms with E-state index < -0.39 is 24.2 Å². The number of rotatable bonds is 8. The lowest BCUT2D eigenvalue weighted by molar-refractivity contribution is -0.203. The minimum Gasteiger partial charge on any atom is -0.490 e. The Morgan fingerprint density at radius 1 is 1.25 bits per heavy atom. The molecule has 0 unspecified atom stereocenters. The molecule has 2 heterocycles. The quantitative estimate of drug-likeness (QED) is 0.232. The summed E-state index contributed by atoms with van der Waals surface area (Å²) in [5.41, 5.74) is 4.15. The highest BCUT2D eigenvalue weighted by Gasteiger charge is 2.44. The van der Waals surface area contributed by atoms with Gasteiger partial charge in [-0.15, -0.1) is 11.3 Å². The van der Waals surface area contributed by atoms with E-state index in [0.717, 1.165) is 32.1 Å². The summed E-state index contributed by atoms with van der Waals surface area (Å²) in [4.78, 5) is 30.8. The molecule has 1 aromatic heterocycles. The summed E-state index contributed by atoms with van der Waals surface area (Å²) < 4.78 is 47.6. The third kappa shape index (κ3) is 6.51. The maximum atomic E-state index is 12.6. The largest absolute Gasteiger partial charge is 0.491 e. The summed E-state index contributed by atoms with van der Waals surface area (Å²) in [5, 5.41) is 10.3. The fraction of sp³-hybridized carbons (Fsp3) is 0.379. The van der Waals surface area contributed by atoms with Gasteiger partial charge < -0.3 is 9.47 Å². The van der Waals surface area contributed by atoms with Crippen molar-refractivity contribution in [1.29, 1.82) is 5.26 Å². The van der Waals surface area contributed by atoms with Gasteiger partial charge in [0, 0.05) is 18.3 Å².